The van der Waals surface area contributed by atoms with Gasteiger partial charge in [-0.05, 0) is 30.9 Å². The summed E-state index contributed by atoms with van der Waals surface area (Å²) in [6.45, 7) is 2.24. The molecule has 1 fully saturated rings. The molecule has 0 bridgehead atoms. The highest BCUT2D eigenvalue weighted by molar-refractivity contribution is 5.48. The van der Waals surface area contributed by atoms with Crippen molar-refractivity contribution in [2.24, 2.45) is 5.92 Å². The fraction of sp³-hybridized carbons (Fsp3) is 0.600. The van der Waals surface area contributed by atoms with Gasteiger partial charge in [0.2, 0.25) is 0 Å². The van der Waals surface area contributed by atoms with Crippen molar-refractivity contribution in [2.45, 2.75) is 45.1 Å². The van der Waals surface area contributed by atoms with Gasteiger partial charge in [-0.25, -0.2) is 4.39 Å². The van der Waals surface area contributed by atoms with E-state index < -0.39 is 0 Å². The molecule has 0 radical (unpaired) electrons. The van der Waals surface area contributed by atoms with Crippen molar-refractivity contribution in [3.63, 3.8) is 0 Å². The van der Waals surface area contributed by atoms with Crippen LogP contribution in [-0.2, 0) is 0 Å². The lowest BCUT2D eigenvalue weighted by molar-refractivity contribution is 0.317. The second-order valence-electron chi connectivity index (χ2n) is 5.05. The molecule has 2 unspecified atom stereocenters. The molecule has 0 amide bonds. The Hall–Kier alpha value is -1.25. The van der Waals surface area contributed by atoms with Gasteiger partial charge in [-0.2, -0.15) is 0 Å². The Bertz CT molecular complexity index is 394. The van der Waals surface area contributed by atoms with Gasteiger partial charge >= 0.3 is 0 Å². The van der Waals surface area contributed by atoms with Crippen molar-refractivity contribution in [3.8, 4) is 5.75 Å². The number of benzene rings is 1. The van der Waals surface area contributed by atoms with Crippen molar-refractivity contribution in [2.75, 3.05) is 12.4 Å². The fourth-order valence-corrected chi connectivity index (χ4v) is 2.86. The van der Waals surface area contributed by atoms with E-state index in [4.69, 9.17) is 4.74 Å². The van der Waals surface area contributed by atoms with Crippen LogP contribution in [-0.4, -0.2) is 13.2 Å². The SMILES string of the molecule is CCC1CCCCC1Nc1ccc(OC)c(F)c1. The number of hydrogen-bond acceptors (Lipinski definition) is 2. The summed E-state index contributed by atoms with van der Waals surface area (Å²) in [4.78, 5) is 0. The number of hydrogen-bond donors (Lipinski definition) is 1. The maximum atomic E-state index is 13.6. The molecule has 2 nitrogen and oxygen atoms in total. The molecule has 0 aromatic heterocycles. The Balaban J connectivity index is 2.05. The van der Waals surface area contributed by atoms with Crippen LogP contribution in [0, 0.1) is 11.7 Å². The molecule has 1 aromatic carbocycles. The van der Waals surface area contributed by atoms with Crippen LogP contribution in [0.1, 0.15) is 39.0 Å². The molecule has 1 N–H and O–H groups in total. The van der Waals surface area contributed by atoms with Gasteiger partial charge in [0.15, 0.2) is 11.6 Å². The number of anilines is 1. The minimum absolute atomic E-state index is 0.300. The second-order valence-corrected chi connectivity index (χ2v) is 5.05. The molecule has 0 heterocycles. The van der Waals surface area contributed by atoms with Gasteiger partial charge in [-0.15, -0.1) is 0 Å². The summed E-state index contributed by atoms with van der Waals surface area (Å²) in [7, 11) is 1.49. The average Bonchev–Trinajstić information content (AvgIpc) is 2.39. The van der Waals surface area contributed by atoms with Crippen LogP contribution in [0.3, 0.4) is 0 Å². The highest BCUT2D eigenvalue weighted by atomic mass is 19.1. The molecule has 0 saturated heterocycles. The number of rotatable bonds is 4. The lowest BCUT2D eigenvalue weighted by Crippen LogP contribution is -2.31. The van der Waals surface area contributed by atoms with Crippen LogP contribution < -0.4 is 10.1 Å². The molecule has 0 aliphatic heterocycles. The third-order valence-electron chi connectivity index (χ3n) is 3.94. The standard InChI is InChI=1S/C15H22FNO/c1-3-11-6-4-5-7-14(11)17-12-8-9-15(18-2)13(16)10-12/h8-11,14,17H,3-7H2,1-2H3. The topological polar surface area (TPSA) is 21.3 Å². The van der Waals surface area contributed by atoms with Crippen molar-refractivity contribution in [3.05, 3.63) is 24.0 Å². The Morgan fingerprint density at radius 3 is 2.78 bits per heavy atom. The van der Waals surface area contributed by atoms with Crippen LogP contribution in [0.4, 0.5) is 10.1 Å². The van der Waals surface area contributed by atoms with Crippen molar-refractivity contribution >= 4 is 5.69 Å². The quantitative estimate of drug-likeness (QED) is 0.865. The second kappa shape index (κ2) is 6.07. The molecule has 2 rings (SSSR count). The zero-order valence-electron chi connectivity index (χ0n) is 11.2. The molecule has 2 atom stereocenters. The Morgan fingerprint density at radius 2 is 2.11 bits per heavy atom. The van der Waals surface area contributed by atoms with Gasteiger partial charge in [0, 0.05) is 17.8 Å². The van der Waals surface area contributed by atoms with E-state index >= 15 is 0 Å². The molecule has 0 spiro atoms. The first-order chi connectivity index (χ1) is 8.74. The van der Waals surface area contributed by atoms with Gasteiger partial charge in [0.1, 0.15) is 0 Å². The number of halogens is 1. The van der Waals surface area contributed by atoms with Crippen LogP contribution >= 0.6 is 0 Å². The van der Waals surface area contributed by atoms with E-state index in [9.17, 15) is 4.39 Å². The van der Waals surface area contributed by atoms with E-state index in [0.717, 1.165) is 5.69 Å². The maximum Gasteiger partial charge on any atom is 0.167 e. The third kappa shape index (κ3) is 2.95. The minimum atomic E-state index is -0.300. The summed E-state index contributed by atoms with van der Waals surface area (Å²) >= 11 is 0. The van der Waals surface area contributed by atoms with Gasteiger partial charge in [-0.3, -0.25) is 0 Å². The van der Waals surface area contributed by atoms with Crippen molar-refractivity contribution < 1.29 is 9.13 Å². The van der Waals surface area contributed by atoms with E-state index in [1.165, 1.54) is 45.3 Å². The Kier molecular flexibility index (Phi) is 4.45. The molecular formula is C15H22FNO. The van der Waals surface area contributed by atoms with Crippen LogP contribution in [0.25, 0.3) is 0 Å². The molecule has 1 saturated carbocycles. The number of nitrogens with one attached hydrogen (secondary N) is 1. The fourth-order valence-electron chi connectivity index (χ4n) is 2.86. The van der Waals surface area contributed by atoms with Gasteiger partial charge in [-0.1, -0.05) is 26.2 Å². The predicted octanol–water partition coefficient (Wildman–Crippen LogP) is 4.22. The van der Waals surface area contributed by atoms with E-state index in [0.29, 0.717) is 17.7 Å². The van der Waals surface area contributed by atoms with Gasteiger partial charge < -0.3 is 10.1 Å². The lowest BCUT2D eigenvalue weighted by Gasteiger charge is -2.32. The minimum Gasteiger partial charge on any atom is -0.494 e. The molecular weight excluding hydrogens is 229 g/mol. The van der Waals surface area contributed by atoms with Crippen molar-refractivity contribution in [1.29, 1.82) is 0 Å². The number of ether oxygens (including phenoxy) is 1. The molecule has 1 aromatic rings. The third-order valence-corrected chi connectivity index (χ3v) is 3.94. The molecule has 3 heteroatoms. The Labute approximate surface area is 109 Å². The smallest absolute Gasteiger partial charge is 0.167 e. The highest BCUT2D eigenvalue weighted by Gasteiger charge is 2.23. The molecule has 1 aliphatic carbocycles. The summed E-state index contributed by atoms with van der Waals surface area (Å²) in [6.07, 6.45) is 6.26. The Morgan fingerprint density at radius 1 is 1.33 bits per heavy atom. The summed E-state index contributed by atoms with van der Waals surface area (Å²) in [6, 6.07) is 5.58. The summed E-state index contributed by atoms with van der Waals surface area (Å²) in [5.41, 5.74) is 0.860. The van der Waals surface area contributed by atoms with E-state index in [2.05, 4.69) is 12.2 Å². The van der Waals surface area contributed by atoms with Crippen LogP contribution in [0.15, 0.2) is 18.2 Å². The van der Waals surface area contributed by atoms with E-state index in [1.807, 2.05) is 6.07 Å². The zero-order valence-corrected chi connectivity index (χ0v) is 11.2. The first-order valence-electron chi connectivity index (χ1n) is 6.84. The zero-order chi connectivity index (χ0) is 13.0. The molecule has 18 heavy (non-hydrogen) atoms. The monoisotopic (exact) mass is 251 g/mol. The number of methoxy groups -OCH3 is 1. The first-order valence-corrected chi connectivity index (χ1v) is 6.84. The van der Waals surface area contributed by atoms with E-state index in [1.54, 1.807) is 6.07 Å². The molecule has 100 valence electrons. The predicted molar refractivity (Wildman–Crippen MR) is 72.6 cm³/mol. The summed E-state index contributed by atoms with van der Waals surface area (Å²) < 4.78 is 18.5. The largest absolute Gasteiger partial charge is 0.494 e. The average molecular weight is 251 g/mol. The normalized spacial score (nSPS) is 23.7. The maximum absolute atomic E-state index is 13.6. The van der Waals surface area contributed by atoms with Crippen LogP contribution in [0.5, 0.6) is 5.75 Å². The van der Waals surface area contributed by atoms with Gasteiger partial charge in [0.05, 0.1) is 7.11 Å². The van der Waals surface area contributed by atoms with Gasteiger partial charge in [0.25, 0.3) is 0 Å². The summed E-state index contributed by atoms with van der Waals surface area (Å²) in [5.74, 6) is 0.714. The first kappa shape index (κ1) is 13.2. The van der Waals surface area contributed by atoms with E-state index in [-0.39, 0.29) is 5.82 Å². The van der Waals surface area contributed by atoms with Crippen LogP contribution in [0.2, 0.25) is 0 Å². The lowest BCUT2D eigenvalue weighted by atomic mass is 9.83. The highest BCUT2D eigenvalue weighted by Crippen LogP contribution is 2.30. The molecule has 1 aliphatic rings. The summed E-state index contributed by atoms with van der Waals surface area (Å²) in [5, 5.41) is 3.48. The van der Waals surface area contributed by atoms with Crippen molar-refractivity contribution in [1.82, 2.24) is 0 Å².